The number of carboxylic acids is 1. The van der Waals surface area contributed by atoms with Gasteiger partial charge in [-0.3, -0.25) is 0 Å². The summed E-state index contributed by atoms with van der Waals surface area (Å²) < 4.78 is 0. The summed E-state index contributed by atoms with van der Waals surface area (Å²) in [6.45, 7) is 0.869. The predicted molar refractivity (Wildman–Crippen MR) is 65.4 cm³/mol. The van der Waals surface area contributed by atoms with Gasteiger partial charge in [0.05, 0.1) is 5.56 Å². The minimum absolute atomic E-state index is 0.237. The van der Waals surface area contributed by atoms with Crippen LogP contribution in [0.5, 0.6) is 0 Å². The Kier molecular flexibility index (Phi) is 4.54. The standard InChI is InChI=1S/C12H16N2O2/c1-14-7-3-2-4-9-5-6-10(13)8-11(9)12(15)16/h2,4-6,8,14H,3,7,13H2,1H3,(H,15,16). The largest absolute Gasteiger partial charge is 0.478 e. The summed E-state index contributed by atoms with van der Waals surface area (Å²) in [5.74, 6) is -0.958. The van der Waals surface area contributed by atoms with Crippen molar-refractivity contribution in [2.45, 2.75) is 6.42 Å². The molecule has 0 spiro atoms. The van der Waals surface area contributed by atoms with Crippen LogP contribution < -0.4 is 11.1 Å². The van der Waals surface area contributed by atoms with Crippen LogP contribution in [0, 0.1) is 0 Å². The van der Waals surface area contributed by atoms with E-state index in [1.54, 1.807) is 18.2 Å². The Hall–Kier alpha value is -1.81. The Morgan fingerprint density at radius 1 is 1.56 bits per heavy atom. The zero-order chi connectivity index (χ0) is 12.0. The fourth-order valence-corrected chi connectivity index (χ4v) is 1.34. The first-order valence-corrected chi connectivity index (χ1v) is 5.09. The molecule has 4 heteroatoms. The number of hydrogen-bond donors (Lipinski definition) is 3. The molecule has 0 heterocycles. The summed E-state index contributed by atoms with van der Waals surface area (Å²) in [5.41, 5.74) is 6.92. The first kappa shape index (κ1) is 12.3. The van der Waals surface area contributed by atoms with Crippen molar-refractivity contribution < 1.29 is 9.90 Å². The molecular formula is C12H16N2O2. The van der Waals surface area contributed by atoms with Crippen molar-refractivity contribution in [3.63, 3.8) is 0 Å². The minimum Gasteiger partial charge on any atom is -0.478 e. The lowest BCUT2D eigenvalue weighted by molar-refractivity contribution is 0.0696. The maximum Gasteiger partial charge on any atom is 0.336 e. The quantitative estimate of drug-likeness (QED) is 0.520. The second kappa shape index (κ2) is 5.92. The molecule has 4 N–H and O–H groups in total. The van der Waals surface area contributed by atoms with Gasteiger partial charge in [0.25, 0.3) is 0 Å². The monoisotopic (exact) mass is 220 g/mol. The van der Waals surface area contributed by atoms with E-state index in [1.165, 1.54) is 6.07 Å². The normalized spacial score (nSPS) is 10.8. The molecule has 0 saturated heterocycles. The van der Waals surface area contributed by atoms with E-state index < -0.39 is 5.97 Å². The van der Waals surface area contributed by atoms with Crippen LogP contribution in [0.3, 0.4) is 0 Å². The summed E-state index contributed by atoms with van der Waals surface area (Å²) in [5, 5.41) is 12.0. The fraction of sp³-hybridized carbons (Fsp3) is 0.250. The number of rotatable bonds is 5. The lowest BCUT2D eigenvalue weighted by Crippen LogP contribution is -2.05. The number of carboxylic acid groups (broad SMARTS) is 1. The van der Waals surface area contributed by atoms with Crippen molar-refractivity contribution in [3.8, 4) is 0 Å². The number of anilines is 1. The fourth-order valence-electron chi connectivity index (χ4n) is 1.34. The van der Waals surface area contributed by atoms with Gasteiger partial charge >= 0.3 is 5.97 Å². The number of benzene rings is 1. The molecule has 86 valence electrons. The molecule has 1 rings (SSSR count). The average Bonchev–Trinajstić information content (AvgIpc) is 2.26. The topological polar surface area (TPSA) is 75.3 Å². The van der Waals surface area contributed by atoms with E-state index in [0.29, 0.717) is 11.3 Å². The van der Waals surface area contributed by atoms with Gasteiger partial charge in [0, 0.05) is 5.69 Å². The Balaban J connectivity index is 2.86. The van der Waals surface area contributed by atoms with Gasteiger partial charge in [0.1, 0.15) is 0 Å². The molecule has 1 aromatic carbocycles. The number of hydrogen-bond acceptors (Lipinski definition) is 3. The molecule has 0 radical (unpaired) electrons. The van der Waals surface area contributed by atoms with Crippen molar-refractivity contribution in [2.24, 2.45) is 0 Å². The van der Waals surface area contributed by atoms with Crippen LogP contribution in [0.15, 0.2) is 24.3 Å². The van der Waals surface area contributed by atoms with Crippen LogP contribution >= 0.6 is 0 Å². The lowest BCUT2D eigenvalue weighted by Gasteiger charge is -2.02. The molecule has 0 amide bonds. The second-order valence-corrected chi connectivity index (χ2v) is 3.45. The van der Waals surface area contributed by atoms with E-state index in [2.05, 4.69) is 5.32 Å². The van der Waals surface area contributed by atoms with Crippen molar-refractivity contribution in [1.82, 2.24) is 5.32 Å². The number of nitrogens with two attached hydrogens (primary N) is 1. The van der Waals surface area contributed by atoms with Crippen molar-refractivity contribution in [2.75, 3.05) is 19.3 Å². The van der Waals surface area contributed by atoms with E-state index in [4.69, 9.17) is 10.8 Å². The second-order valence-electron chi connectivity index (χ2n) is 3.45. The molecular weight excluding hydrogens is 204 g/mol. The van der Waals surface area contributed by atoms with E-state index >= 15 is 0 Å². The molecule has 0 aliphatic carbocycles. The lowest BCUT2D eigenvalue weighted by atomic mass is 10.1. The number of nitrogen functional groups attached to an aromatic ring is 1. The molecule has 16 heavy (non-hydrogen) atoms. The van der Waals surface area contributed by atoms with Crippen molar-refractivity contribution in [1.29, 1.82) is 0 Å². The summed E-state index contributed by atoms with van der Waals surface area (Å²) in [6, 6.07) is 4.89. The first-order valence-electron chi connectivity index (χ1n) is 5.09. The SMILES string of the molecule is CNCCC=Cc1ccc(N)cc1C(=O)O. The smallest absolute Gasteiger partial charge is 0.336 e. The summed E-state index contributed by atoms with van der Waals surface area (Å²) in [6.07, 6.45) is 4.61. The molecule has 4 nitrogen and oxygen atoms in total. The molecule has 0 aliphatic rings. The third kappa shape index (κ3) is 3.40. The van der Waals surface area contributed by atoms with Crippen LogP contribution in [0.4, 0.5) is 5.69 Å². The summed E-state index contributed by atoms with van der Waals surface area (Å²) in [4.78, 5) is 11.0. The molecule has 0 atom stereocenters. The number of aromatic carboxylic acids is 1. The molecule has 0 saturated carbocycles. The van der Waals surface area contributed by atoms with E-state index in [9.17, 15) is 4.79 Å². The van der Waals surface area contributed by atoms with Crippen LogP contribution in [-0.2, 0) is 0 Å². The summed E-state index contributed by atoms with van der Waals surface area (Å²) >= 11 is 0. The highest BCUT2D eigenvalue weighted by atomic mass is 16.4. The zero-order valence-electron chi connectivity index (χ0n) is 9.23. The van der Waals surface area contributed by atoms with Crippen LogP contribution in [0.25, 0.3) is 6.08 Å². The van der Waals surface area contributed by atoms with Crippen LogP contribution in [0.1, 0.15) is 22.3 Å². The van der Waals surface area contributed by atoms with E-state index in [1.807, 2.05) is 13.1 Å². The van der Waals surface area contributed by atoms with Crippen molar-refractivity contribution >= 4 is 17.7 Å². The van der Waals surface area contributed by atoms with Gasteiger partial charge in [-0.1, -0.05) is 18.2 Å². The third-order valence-electron chi connectivity index (χ3n) is 2.17. The molecule has 0 bridgehead atoms. The van der Waals surface area contributed by atoms with Crippen LogP contribution in [0.2, 0.25) is 0 Å². The third-order valence-corrected chi connectivity index (χ3v) is 2.17. The zero-order valence-corrected chi connectivity index (χ0v) is 9.23. The van der Waals surface area contributed by atoms with Gasteiger partial charge in [-0.2, -0.15) is 0 Å². The van der Waals surface area contributed by atoms with Gasteiger partial charge < -0.3 is 16.2 Å². The van der Waals surface area contributed by atoms with Gasteiger partial charge in [-0.05, 0) is 37.7 Å². The Bertz CT molecular complexity index is 400. The minimum atomic E-state index is -0.958. The molecule has 0 aromatic heterocycles. The Labute approximate surface area is 94.8 Å². The number of nitrogens with one attached hydrogen (secondary N) is 1. The highest BCUT2D eigenvalue weighted by molar-refractivity contribution is 5.93. The number of carbonyl (C=O) groups is 1. The predicted octanol–water partition coefficient (Wildman–Crippen LogP) is 1.59. The molecule has 0 aliphatic heterocycles. The Morgan fingerprint density at radius 3 is 2.94 bits per heavy atom. The van der Waals surface area contributed by atoms with E-state index in [0.717, 1.165) is 13.0 Å². The van der Waals surface area contributed by atoms with Gasteiger partial charge in [0.15, 0.2) is 0 Å². The van der Waals surface area contributed by atoms with Crippen molar-refractivity contribution in [3.05, 3.63) is 35.4 Å². The van der Waals surface area contributed by atoms with Gasteiger partial charge in [-0.25, -0.2) is 4.79 Å². The molecule has 1 aromatic rings. The summed E-state index contributed by atoms with van der Waals surface area (Å²) in [7, 11) is 1.87. The van der Waals surface area contributed by atoms with Gasteiger partial charge in [0.2, 0.25) is 0 Å². The van der Waals surface area contributed by atoms with Gasteiger partial charge in [-0.15, -0.1) is 0 Å². The molecule has 0 fully saturated rings. The highest BCUT2D eigenvalue weighted by Gasteiger charge is 2.07. The average molecular weight is 220 g/mol. The van der Waals surface area contributed by atoms with Crippen LogP contribution in [-0.4, -0.2) is 24.7 Å². The Morgan fingerprint density at radius 2 is 2.31 bits per heavy atom. The van der Waals surface area contributed by atoms with E-state index in [-0.39, 0.29) is 5.56 Å². The maximum atomic E-state index is 11.0. The maximum absolute atomic E-state index is 11.0. The highest BCUT2D eigenvalue weighted by Crippen LogP contribution is 2.15. The molecule has 0 unspecified atom stereocenters. The first-order chi connectivity index (χ1) is 7.65.